The predicted molar refractivity (Wildman–Crippen MR) is 69.2 cm³/mol. The average Bonchev–Trinajstić information content (AvgIpc) is 2.74. The summed E-state index contributed by atoms with van der Waals surface area (Å²) in [5, 5.41) is 2.68. The molecule has 0 bridgehead atoms. The summed E-state index contributed by atoms with van der Waals surface area (Å²) in [4.78, 5) is 23.8. The second-order valence-electron chi connectivity index (χ2n) is 4.14. The lowest BCUT2D eigenvalue weighted by molar-refractivity contribution is -0.147. The highest BCUT2D eigenvalue weighted by Crippen LogP contribution is 2.20. The Balaban J connectivity index is 2.88. The summed E-state index contributed by atoms with van der Waals surface area (Å²) in [5.74, 6) is -0.839. The van der Waals surface area contributed by atoms with Gasteiger partial charge in [0.2, 0.25) is 0 Å². The van der Waals surface area contributed by atoms with Crippen molar-refractivity contribution in [1.82, 2.24) is 5.32 Å². The van der Waals surface area contributed by atoms with Crippen LogP contribution in [0.3, 0.4) is 0 Å². The average molecular weight is 318 g/mol. The van der Waals surface area contributed by atoms with Gasteiger partial charge in [-0.15, -0.1) is 0 Å². The van der Waals surface area contributed by atoms with E-state index >= 15 is 0 Å². The van der Waals surface area contributed by atoms with Crippen molar-refractivity contribution >= 4 is 27.8 Å². The Bertz CT molecular complexity index is 443. The summed E-state index contributed by atoms with van der Waals surface area (Å²) < 4.78 is 10.1. The van der Waals surface area contributed by atoms with Crippen LogP contribution in [0.15, 0.2) is 21.4 Å². The number of rotatable bonds is 5. The van der Waals surface area contributed by atoms with Crippen molar-refractivity contribution in [3.05, 3.63) is 22.6 Å². The van der Waals surface area contributed by atoms with Gasteiger partial charge in [0.1, 0.15) is 5.54 Å². The number of ether oxygens (including phenoxy) is 1. The van der Waals surface area contributed by atoms with Crippen molar-refractivity contribution in [3.8, 4) is 0 Å². The molecule has 0 saturated carbocycles. The van der Waals surface area contributed by atoms with E-state index in [-0.39, 0.29) is 5.91 Å². The zero-order valence-electron chi connectivity index (χ0n) is 10.6. The molecule has 0 radical (unpaired) electrons. The molecule has 1 aromatic heterocycles. The minimum Gasteiger partial charge on any atom is -0.467 e. The van der Waals surface area contributed by atoms with Crippen LogP contribution in [0.5, 0.6) is 0 Å². The molecule has 0 fully saturated rings. The number of amides is 1. The van der Waals surface area contributed by atoms with Crippen LogP contribution < -0.4 is 5.32 Å². The maximum Gasteiger partial charge on any atom is 0.331 e. The molecule has 6 heteroatoms. The number of methoxy groups -OCH3 is 1. The fraction of sp³-hybridized carbons (Fsp3) is 0.500. The summed E-state index contributed by atoms with van der Waals surface area (Å²) in [6.45, 7) is 3.58. The number of nitrogens with one attached hydrogen (secondary N) is 1. The monoisotopic (exact) mass is 317 g/mol. The smallest absolute Gasteiger partial charge is 0.331 e. The van der Waals surface area contributed by atoms with E-state index in [4.69, 9.17) is 9.15 Å². The van der Waals surface area contributed by atoms with Crippen molar-refractivity contribution in [2.45, 2.75) is 32.2 Å². The van der Waals surface area contributed by atoms with Crippen molar-refractivity contribution in [2.24, 2.45) is 0 Å². The van der Waals surface area contributed by atoms with Crippen LogP contribution in [0.1, 0.15) is 37.0 Å². The van der Waals surface area contributed by atoms with Crippen LogP contribution >= 0.6 is 15.9 Å². The Hall–Kier alpha value is -1.30. The van der Waals surface area contributed by atoms with Crippen LogP contribution in [-0.2, 0) is 9.53 Å². The Morgan fingerprint density at radius 1 is 1.56 bits per heavy atom. The first-order chi connectivity index (χ1) is 8.44. The molecule has 1 unspecified atom stereocenters. The Morgan fingerprint density at radius 3 is 2.67 bits per heavy atom. The molecule has 1 aromatic rings. The number of halogens is 1. The van der Waals surface area contributed by atoms with Crippen LogP contribution in [0.2, 0.25) is 0 Å². The largest absolute Gasteiger partial charge is 0.467 e. The molecule has 1 amide bonds. The van der Waals surface area contributed by atoms with E-state index in [1.54, 1.807) is 6.92 Å². The summed E-state index contributed by atoms with van der Waals surface area (Å²) in [5.41, 5.74) is -0.682. The number of carbonyl (C=O) groups excluding carboxylic acids is 2. The van der Waals surface area contributed by atoms with Gasteiger partial charge in [0, 0.05) is 0 Å². The number of esters is 1. The van der Waals surface area contributed by atoms with Crippen LogP contribution in [0.25, 0.3) is 0 Å². The number of hydrogen-bond acceptors (Lipinski definition) is 4. The van der Waals surface area contributed by atoms with E-state index in [0.29, 0.717) is 16.7 Å². The summed E-state index contributed by atoms with van der Waals surface area (Å²) in [7, 11) is 1.30. The van der Waals surface area contributed by atoms with Gasteiger partial charge in [0.05, 0.1) is 18.9 Å². The third-order valence-corrected chi connectivity index (χ3v) is 3.25. The number of carbonyl (C=O) groups is 2. The molecule has 1 rings (SSSR count). The summed E-state index contributed by atoms with van der Waals surface area (Å²) in [6, 6.07) is 1.53. The second kappa shape index (κ2) is 6.04. The van der Waals surface area contributed by atoms with E-state index in [2.05, 4.69) is 21.2 Å². The molecule has 0 aliphatic heterocycles. The molecule has 18 heavy (non-hydrogen) atoms. The maximum atomic E-state index is 12.0. The highest BCUT2D eigenvalue weighted by atomic mass is 79.9. The van der Waals surface area contributed by atoms with Gasteiger partial charge in [-0.3, -0.25) is 4.79 Å². The quantitative estimate of drug-likeness (QED) is 0.847. The van der Waals surface area contributed by atoms with E-state index in [1.807, 2.05) is 6.92 Å². The summed E-state index contributed by atoms with van der Waals surface area (Å²) in [6.07, 6.45) is 2.65. The van der Waals surface area contributed by atoms with Gasteiger partial charge in [0.15, 0.2) is 4.67 Å². The molecule has 0 aliphatic carbocycles. The molecule has 1 atom stereocenters. The lowest BCUT2D eigenvalue weighted by Crippen LogP contribution is -2.52. The molecule has 0 saturated heterocycles. The Morgan fingerprint density at radius 2 is 2.22 bits per heavy atom. The molecule has 1 N–H and O–H groups in total. The number of hydrogen-bond donors (Lipinski definition) is 1. The van der Waals surface area contributed by atoms with Crippen molar-refractivity contribution < 1.29 is 18.7 Å². The molecule has 5 nitrogen and oxygen atoms in total. The molecule has 0 aliphatic rings. The van der Waals surface area contributed by atoms with E-state index in [9.17, 15) is 9.59 Å². The van der Waals surface area contributed by atoms with Gasteiger partial charge >= 0.3 is 5.97 Å². The van der Waals surface area contributed by atoms with Crippen molar-refractivity contribution in [3.63, 3.8) is 0 Å². The fourth-order valence-electron chi connectivity index (χ4n) is 1.71. The van der Waals surface area contributed by atoms with Gasteiger partial charge in [-0.25, -0.2) is 4.79 Å². The molecular formula is C12H16BrNO4. The lowest BCUT2D eigenvalue weighted by atomic mass is 9.96. The Kier molecular flexibility index (Phi) is 4.95. The molecule has 0 spiro atoms. The maximum absolute atomic E-state index is 12.0. The second-order valence-corrected chi connectivity index (χ2v) is 4.86. The van der Waals surface area contributed by atoms with Gasteiger partial charge in [-0.1, -0.05) is 13.3 Å². The van der Waals surface area contributed by atoms with Crippen LogP contribution in [-0.4, -0.2) is 24.5 Å². The lowest BCUT2D eigenvalue weighted by Gasteiger charge is -2.27. The number of furan rings is 1. The normalized spacial score (nSPS) is 13.8. The third kappa shape index (κ3) is 3.13. The zero-order chi connectivity index (χ0) is 13.8. The highest BCUT2D eigenvalue weighted by molar-refractivity contribution is 9.10. The first-order valence-corrected chi connectivity index (χ1v) is 6.38. The minimum absolute atomic E-state index is 0.337. The van der Waals surface area contributed by atoms with Gasteiger partial charge in [-0.05, 0) is 35.3 Å². The van der Waals surface area contributed by atoms with Crippen molar-refractivity contribution in [2.75, 3.05) is 7.11 Å². The SMILES string of the molecule is CCCC(C)(NC(=O)c1ccoc1Br)C(=O)OC. The zero-order valence-corrected chi connectivity index (χ0v) is 12.2. The predicted octanol–water partition coefficient (Wildman–Crippen LogP) is 2.50. The standard InChI is InChI=1S/C12H16BrNO4/c1-4-6-12(2,11(16)17-3)14-10(15)8-5-7-18-9(8)13/h5,7H,4,6H2,1-3H3,(H,14,15). The topological polar surface area (TPSA) is 68.5 Å². The van der Waals surface area contributed by atoms with Gasteiger partial charge in [0.25, 0.3) is 5.91 Å². The molecule has 1 heterocycles. The molecular weight excluding hydrogens is 302 g/mol. The fourth-order valence-corrected chi connectivity index (χ4v) is 2.13. The third-order valence-electron chi connectivity index (χ3n) is 2.64. The minimum atomic E-state index is -1.03. The van der Waals surface area contributed by atoms with E-state index in [0.717, 1.165) is 6.42 Å². The first kappa shape index (κ1) is 14.8. The molecule has 0 aromatic carbocycles. The van der Waals surface area contributed by atoms with Gasteiger partial charge < -0.3 is 14.5 Å². The van der Waals surface area contributed by atoms with Crippen LogP contribution in [0.4, 0.5) is 0 Å². The summed E-state index contributed by atoms with van der Waals surface area (Å²) >= 11 is 3.12. The van der Waals surface area contributed by atoms with Gasteiger partial charge in [-0.2, -0.15) is 0 Å². The molecule has 100 valence electrons. The Labute approximate surface area is 114 Å². The van der Waals surface area contributed by atoms with Crippen LogP contribution in [0, 0.1) is 0 Å². The van der Waals surface area contributed by atoms with E-state index in [1.165, 1.54) is 19.4 Å². The highest BCUT2D eigenvalue weighted by Gasteiger charge is 2.35. The first-order valence-electron chi connectivity index (χ1n) is 5.58. The van der Waals surface area contributed by atoms with E-state index < -0.39 is 11.5 Å². The van der Waals surface area contributed by atoms with Crippen molar-refractivity contribution in [1.29, 1.82) is 0 Å².